The fourth-order valence-electron chi connectivity index (χ4n) is 1.37. The Kier molecular flexibility index (Phi) is 2.60. The number of thioether (sulfide) groups is 1. The van der Waals surface area contributed by atoms with Crippen molar-refractivity contribution in [3.05, 3.63) is 11.5 Å². The first kappa shape index (κ1) is 9.09. The van der Waals surface area contributed by atoms with Crippen LogP contribution in [-0.2, 0) is 0 Å². The van der Waals surface area contributed by atoms with E-state index in [1.165, 1.54) is 6.42 Å². The molecular formula is C9H14N2OS. The van der Waals surface area contributed by atoms with Gasteiger partial charge in [-0.15, -0.1) is 0 Å². The highest BCUT2D eigenvalue weighted by Gasteiger charge is 2.18. The number of nitrogens with one attached hydrogen (secondary N) is 1. The second-order valence-electron chi connectivity index (χ2n) is 3.35. The number of oxazole rings is 1. The second kappa shape index (κ2) is 3.72. The number of hydrogen-bond acceptors (Lipinski definition) is 4. The van der Waals surface area contributed by atoms with Crippen LogP contribution in [0.5, 0.6) is 0 Å². The van der Waals surface area contributed by atoms with Crippen molar-refractivity contribution >= 4 is 11.8 Å². The van der Waals surface area contributed by atoms with E-state index in [2.05, 4.69) is 10.3 Å². The van der Waals surface area contributed by atoms with Crippen molar-refractivity contribution in [2.24, 2.45) is 0 Å². The average Bonchev–Trinajstić information content (AvgIpc) is 2.64. The highest BCUT2D eigenvalue weighted by Crippen LogP contribution is 2.27. The average molecular weight is 198 g/mol. The van der Waals surface area contributed by atoms with E-state index in [0.717, 1.165) is 29.8 Å². The van der Waals surface area contributed by atoms with Gasteiger partial charge in [-0.05, 0) is 26.8 Å². The SMILES string of the molecule is Cc1nc(SC2CCNC2)oc1C. The fourth-order valence-corrected chi connectivity index (χ4v) is 2.45. The molecule has 0 saturated carbocycles. The summed E-state index contributed by atoms with van der Waals surface area (Å²) >= 11 is 1.75. The smallest absolute Gasteiger partial charge is 0.256 e. The van der Waals surface area contributed by atoms with E-state index < -0.39 is 0 Å². The number of aromatic nitrogens is 1. The van der Waals surface area contributed by atoms with Gasteiger partial charge < -0.3 is 9.73 Å². The molecule has 72 valence electrons. The lowest BCUT2D eigenvalue weighted by atomic mass is 10.4. The third kappa shape index (κ3) is 2.06. The predicted octanol–water partition coefficient (Wildman–Crippen LogP) is 1.75. The zero-order valence-electron chi connectivity index (χ0n) is 7.96. The Morgan fingerprint density at radius 1 is 1.54 bits per heavy atom. The third-order valence-corrected chi connectivity index (χ3v) is 3.40. The lowest BCUT2D eigenvalue weighted by Crippen LogP contribution is -2.09. The summed E-state index contributed by atoms with van der Waals surface area (Å²) in [5.74, 6) is 0.938. The monoisotopic (exact) mass is 198 g/mol. The number of rotatable bonds is 2. The first-order valence-electron chi connectivity index (χ1n) is 4.57. The molecule has 1 aromatic rings. The van der Waals surface area contributed by atoms with Crippen LogP contribution < -0.4 is 5.32 Å². The molecule has 13 heavy (non-hydrogen) atoms. The Balaban J connectivity index is 2.00. The van der Waals surface area contributed by atoms with Crippen molar-refractivity contribution in [3.8, 4) is 0 Å². The minimum atomic E-state index is 0.637. The Morgan fingerprint density at radius 3 is 2.92 bits per heavy atom. The number of aryl methyl sites for hydroxylation is 2. The first-order chi connectivity index (χ1) is 6.25. The molecule has 1 N–H and O–H groups in total. The summed E-state index contributed by atoms with van der Waals surface area (Å²) in [7, 11) is 0. The summed E-state index contributed by atoms with van der Waals surface area (Å²) in [6.07, 6.45) is 1.21. The summed E-state index contributed by atoms with van der Waals surface area (Å²) in [6.45, 7) is 6.14. The van der Waals surface area contributed by atoms with Gasteiger partial charge in [0.1, 0.15) is 5.76 Å². The van der Waals surface area contributed by atoms with Crippen molar-refractivity contribution < 1.29 is 4.42 Å². The van der Waals surface area contributed by atoms with E-state index in [1.807, 2.05) is 13.8 Å². The van der Waals surface area contributed by atoms with E-state index in [1.54, 1.807) is 11.8 Å². The third-order valence-electron chi connectivity index (χ3n) is 2.29. The van der Waals surface area contributed by atoms with E-state index in [-0.39, 0.29) is 0 Å². The zero-order valence-corrected chi connectivity index (χ0v) is 8.78. The molecule has 4 heteroatoms. The summed E-state index contributed by atoms with van der Waals surface area (Å²) in [4.78, 5) is 4.34. The maximum absolute atomic E-state index is 5.50. The van der Waals surface area contributed by atoms with Gasteiger partial charge in [-0.25, -0.2) is 4.98 Å². The van der Waals surface area contributed by atoms with Gasteiger partial charge >= 0.3 is 0 Å². The van der Waals surface area contributed by atoms with Crippen LogP contribution in [0.2, 0.25) is 0 Å². The van der Waals surface area contributed by atoms with Crippen molar-refractivity contribution in [2.45, 2.75) is 30.7 Å². The molecule has 0 radical (unpaired) electrons. The minimum absolute atomic E-state index is 0.637. The van der Waals surface area contributed by atoms with Gasteiger partial charge in [0, 0.05) is 11.8 Å². The molecule has 0 aromatic carbocycles. The summed E-state index contributed by atoms with van der Waals surface area (Å²) < 4.78 is 5.50. The maximum Gasteiger partial charge on any atom is 0.256 e. The lowest BCUT2D eigenvalue weighted by Gasteiger charge is -2.02. The van der Waals surface area contributed by atoms with Crippen LogP contribution in [0.15, 0.2) is 9.64 Å². The van der Waals surface area contributed by atoms with Crippen molar-refractivity contribution in [1.29, 1.82) is 0 Å². The molecule has 0 bridgehead atoms. The largest absolute Gasteiger partial charge is 0.437 e. The van der Waals surface area contributed by atoms with Crippen LogP contribution in [0, 0.1) is 13.8 Å². The second-order valence-corrected chi connectivity index (χ2v) is 4.61. The molecule has 1 unspecified atom stereocenters. The summed E-state index contributed by atoms with van der Waals surface area (Å²) in [6, 6.07) is 0. The molecule has 0 spiro atoms. The first-order valence-corrected chi connectivity index (χ1v) is 5.45. The topological polar surface area (TPSA) is 38.1 Å². The summed E-state index contributed by atoms with van der Waals surface area (Å²) in [5.41, 5.74) is 1.01. The molecule has 0 amide bonds. The molecule has 0 aliphatic carbocycles. The summed E-state index contributed by atoms with van der Waals surface area (Å²) in [5, 5.41) is 4.78. The van der Waals surface area contributed by atoms with Crippen LogP contribution in [-0.4, -0.2) is 23.3 Å². The standard InChI is InChI=1S/C9H14N2OS/c1-6-7(2)12-9(11-6)13-8-3-4-10-5-8/h8,10H,3-5H2,1-2H3. The van der Waals surface area contributed by atoms with Gasteiger partial charge in [-0.2, -0.15) is 0 Å². The fraction of sp³-hybridized carbons (Fsp3) is 0.667. The zero-order chi connectivity index (χ0) is 9.26. The van der Waals surface area contributed by atoms with Crippen LogP contribution in [0.3, 0.4) is 0 Å². The molecule has 1 aliphatic heterocycles. The molecule has 3 nitrogen and oxygen atoms in total. The quantitative estimate of drug-likeness (QED) is 0.785. The highest BCUT2D eigenvalue weighted by molar-refractivity contribution is 7.99. The number of hydrogen-bond donors (Lipinski definition) is 1. The molecule has 1 aromatic heterocycles. The van der Waals surface area contributed by atoms with Crippen LogP contribution in [0.1, 0.15) is 17.9 Å². The van der Waals surface area contributed by atoms with Crippen molar-refractivity contribution in [3.63, 3.8) is 0 Å². The maximum atomic E-state index is 5.50. The van der Waals surface area contributed by atoms with Gasteiger partial charge in [0.2, 0.25) is 0 Å². The molecule has 1 atom stereocenters. The van der Waals surface area contributed by atoms with Gasteiger partial charge in [0.25, 0.3) is 5.22 Å². The van der Waals surface area contributed by atoms with E-state index in [4.69, 9.17) is 4.42 Å². The van der Waals surface area contributed by atoms with Crippen molar-refractivity contribution in [2.75, 3.05) is 13.1 Å². The van der Waals surface area contributed by atoms with Gasteiger partial charge in [0.15, 0.2) is 0 Å². The van der Waals surface area contributed by atoms with Crippen LogP contribution in [0.4, 0.5) is 0 Å². The lowest BCUT2D eigenvalue weighted by molar-refractivity contribution is 0.430. The van der Waals surface area contributed by atoms with Gasteiger partial charge in [0.05, 0.1) is 5.69 Å². The minimum Gasteiger partial charge on any atom is -0.437 e. The van der Waals surface area contributed by atoms with Crippen LogP contribution in [0.25, 0.3) is 0 Å². The van der Waals surface area contributed by atoms with E-state index in [0.29, 0.717) is 5.25 Å². The molecule has 2 rings (SSSR count). The van der Waals surface area contributed by atoms with E-state index >= 15 is 0 Å². The molecule has 1 aliphatic rings. The Labute approximate surface area is 82.3 Å². The van der Waals surface area contributed by atoms with E-state index in [9.17, 15) is 0 Å². The van der Waals surface area contributed by atoms with Gasteiger partial charge in [-0.3, -0.25) is 0 Å². The van der Waals surface area contributed by atoms with Crippen LogP contribution >= 0.6 is 11.8 Å². The predicted molar refractivity (Wildman–Crippen MR) is 53.1 cm³/mol. The molecule has 1 fully saturated rings. The number of nitrogens with zero attached hydrogens (tertiary/aromatic N) is 1. The molecule has 1 saturated heterocycles. The Hall–Kier alpha value is -0.480. The Morgan fingerprint density at radius 2 is 2.38 bits per heavy atom. The normalized spacial score (nSPS) is 22.5. The molecule has 2 heterocycles. The Bertz CT molecular complexity index is 272. The molecular weight excluding hydrogens is 184 g/mol. The highest BCUT2D eigenvalue weighted by atomic mass is 32.2. The van der Waals surface area contributed by atoms with Crippen molar-refractivity contribution in [1.82, 2.24) is 10.3 Å². The van der Waals surface area contributed by atoms with Gasteiger partial charge in [-0.1, -0.05) is 11.8 Å².